The van der Waals surface area contributed by atoms with E-state index >= 15 is 0 Å². The summed E-state index contributed by atoms with van der Waals surface area (Å²) in [5.41, 5.74) is 2.68. The van der Waals surface area contributed by atoms with Gasteiger partial charge in [0, 0.05) is 30.0 Å². The Bertz CT molecular complexity index is 981. The molecule has 1 atom stereocenters. The van der Waals surface area contributed by atoms with Crippen LogP contribution in [0.1, 0.15) is 55.5 Å². The smallest absolute Gasteiger partial charge is 0.321 e. The number of rotatable bonds is 6. The predicted molar refractivity (Wildman–Crippen MR) is 131 cm³/mol. The SMILES string of the molecule is Cc1cccc(C(=O)NC(C(=O)Nc2cccc(NC(=O)N3CCCCCC3)c2)C(C)C)c1. The van der Waals surface area contributed by atoms with Gasteiger partial charge in [-0.05, 0) is 56.0 Å². The Morgan fingerprint density at radius 1 is 0.848 bits per heavy atom. The van der Waals surface area contributed by atoms with E-state index in [9.17, 15) is 14.4 Å². The molecule has 33 heavy (non-hydrogen) atoms. The van der Waals surface area contributed by atoms with Crippen LogP contribution in [0.25, 0.3) is 0 Å². The fraction of sp³-hybridized carbons (Fsp3) is 0.423. The summed E-state index contributed by atoms with van der Waals surface area (Å²) in [5.74, 6) is -0.697. The molecule has 3 rings (SSSR count). The molecule has 1 aliphatic rings. The molecule has 0 spiro atoms. The molecule has 7 nitrogen and oxygen atoms in total. The Kier molecular flexibility index (Phi) is 8.46. The quantitative estimate of drug-likeness (QED) is 0.591. The Balaban J connectivity index is 1.63. The minimum atomic E-state index is -0.701. The lowest BCUT2D eigenvalue weighted by Crippen LogP contribution is -2.47. The largest absolute Gasteiger partial charge is 0.340 e. The third-order valence-electron chi connectivity index (χ3n) is 5.79. The number of benzene rings is 2. The van der Waals surface area contributed by atoms with Crippen molar-refractivity contribution in [3.05, 3.63) is 59.7 Å². The summed E-state index contributed by atoms with van der Waals surface area (Å²) in [5, 5.41) is 8.65. The van der Waals surface area contributed by atoms with Crippen molar-refractivity contribution >= 4 is 29.2 Å². The molecule has 0 saturated carbocycles. The van der Waals surface area contributed by atoms with Gasteiger partial charge in [-0.25, -0.2) is 4.79 Å². The number of likely N-dealkylation sites (tertiary alicyclic amines) is 1. The third kappa shape index (κ3) is 7.07. The number of anilines is 2. The van der Waals surface area contributed by atoms with Crippen molar-refractivity contribution in [1.29, 1.82) is 0 Å². The summed E-state index contributed by atoms with van der Waals surface area (Å²) in [6.07, 6.45) is 4.36. The molecule has 0 radical (unpaired) electrons. The average molecular weight is 451 g/mol. The van der Waals surface area contributed by atoms with Crippen LogP contribution in [0.5, 0.6) is 0 Å². The number of hydrogen-bond acceptors (Lipinski definition) is 3. The maximum absolute atomic E-state index is 13.0. The summed E-state index contributed by atoms with van der Waals surface area (Å²) < 4.78 is 0. The van der Waals surface area contributed by atoms with E-state index in [0.717, 1.165) is 44.3 Å². The van der Waals surface area contributed by atoms with Gasteiger partial charge in [0.05, 0.1) is 0 Å². The van der Waals surface area contributed by atoms with Crippen molar-refractivity contribution in [3.8, 4) is 0 Å². The molecule has 1 saturated heterocycles. The number of nitrogens with zero attached hydrogens (tertiary/aromatic N) is 1. The molecule has 0 bridgehead atoms. The van der Waals surface area contributed by atoms with E-state index in [-0.39, 0.29) is 23.8 Å². The highest BCUT2D eigenvalue weighted by Crippen LogP contribution is 2.18. The molecular formula is C26H34N4O3. The minimum Gasteiger partial charge on any atom is -0.340 e. The van der Waals surface area contributed by atoms with Crippen molar-refractivity contribution in [2.45, 2.75) is 52.5 Å². The summed E-state index contributed by atoms with van der Waals surface area (Å²) in [7, 11) is 0. The van der Waals surface area contributed by atoms with E-state index in [4.69, 9.17) is 0 Å². The van der Waals surface area contributed by atoms with Gasteiger partial charge in [0.15, 0.2) is 0 Å². The van der Waals surface area contributed by atoms with E-state index in [1.807, 2.05) is 37.8 Å². The second kappa shape index (κ2) is 11.5. The van der Waals surface area contributed by atoms with Crippen molar-refractivity contribution in [3.63, 3.8) is 0 Å². The molecule has 2 aromatic rings. The van der Waals surface area contributed by atoms with Crippen molar-refractivity contribution < 1.29 is 14.4 Å². The molecule has 0 aliphatic carbocycles. The van der Waals surface area contributed by atoms with Crippen molar-refractivity contribution in [2.24, 2.45) is 5.92 Å². The van der Waals surface area contributed by atoms with Crippen LogP contribution >= 0.6 is 0 Å². The van der Waals surface area contributed by atoms with Gasteiger partial charge < -0.3 is 20.9 Å². The predicted octanol–water partition coefficient (Wildman–Crippen LogP) is 4.80. The summed E-state index contributed by atoms with van der Waals surface area (Å²) in [6.45, 7) is 7.22. The average Bonchev–Trinajstić information content (AvgIpc) is 3.07. The first-order valence-electron chi connectivity index (χ1n) is 11.7. The second-order valence-corrected chi connectivity index (χ2v) is 8.97. The Labute approximate surface area is 195 Å². The van der Waals surface area contributed by atoms with Crippen LogP contribution < -0.4 is 16.0 Å². The number of amides is 4. The Morgan fingerprint density at radius 2 is 1.48 bits per heavy atom. The van der Waals surface area contributed by atoms with Gasteiger partial charge in [-0.2, -0.15) is 0 Å². The lowest BCUT2D eigenvalue weighted by Gasteiger charge is -2.22. The van der Waals surface area contributed by atoms with Crippen molar-refractivity contribution in [1.82, 2.24) is 10.2 Å². The number of hydrogen-bond donors (Lipinski definition) is 3. The molecule has 7 heteroatoms. The molecule has 1 unspecified atom stereocenters. The molecule has 4 amide bonds. The van der Waals surface area contributed by atoms with Gasteiger partial charge in [-0.15, -0.1) is 0 Å². The zero-order chi connectivity index (χ0) is 23.8. The number of nitrogens with one attached hydrogen (secondary N) is 3. The lowest BCUT2D eigenvalue weighted by molar-refractivity contribution is -0.118. The number of carbonyl (C=O) groups excluding carboxylic acids is 3. The molecule has 1 fully saturated rings. The molecule has 1 aliphatic heterocycles. The molecule has 3 N–H and O–H groups in total. The monoisotopic (exact) mass is 450 g/mol. The fourth-order valence-electron chi connectivity index (χ4n) is 3.92. The Hall–Kier alpha value is -3.35. The highest BCUT2D eigenvalue weighted by Gasteiger charge is 2.25. The number of carbonyl (C=O) groups is 3. The van der Waals surface area contributed by atoms with Gasteiger partial charge in [0.2, 0.25) is 5.91 Å². The van der Waals surface area contributed by atoms with Crippen molar-refractivity contribution in [2.75, 3.05) is 23.7 Å². The van der Waals surface area contributed by atoms with Gasteiger partial charge in [0.25, 0.3) is 5.91 Å². The lowest BCUT2D eigenvalue weighted by atomic mass is 10.0. The first-order valence-corrected chi connectivity index (χ1v) is 11.7. The van der Waals surface area contributed by atoms with Gasteiger partial charge >= 0.3 is 6.03 Å². The van der Waals surface area contributed by atoms with E-state index < -0.39 is 6.04 Å². The van der Waals surface area contributed by atoms with Crippen LogP contribution in [0.15, 0.2) is 48.5 Å². The normalized spacial score (nSPS) is 14.8. The molecule has 0 aromatic heterocycles. The number of urea groups is 1. The van der Waals surface area contributed by atoms with Crippen LogP contribution in [-0.2, 0) is 4.79 Å². The fourth-order valence-corrected chi connectivity index (χ4v) is 3.92. The molecule has 1 heterocycles. The van der Waals surface area contributed by atoms with E-state index in [2.05, 4.69) is 16.0 Å². The molecular weight excluding hydrogens is 416 g/mol. The first-order chi connectivity index (χ1) is 15.8. The van der Waals surface area contributed by atoms with Crippen LogP contribution in [0.2, 0.25) is 0 Å². The molecule has 176 valence electrons. The van der Waals surface area contributed by atoms with E-state index in [1.165, 1.54) is 0 Å². The standard InChI is InChI=1S/C26H34N4O3/c1-18(2)23(29-24(31)20-11-8-10-19(3)16-20)25(32)27-21-12-9-13-22(17-21)28-26(33)30-14-6-4-5-7-15-30/h8-13,16-18,23H,4-7,14-15H2,1-3H3,(H,27,32)(H,28,33)(H,29,31). The third-order valence-corrected chi connectivity index (χ3v) is 5.79. The highest BCUT2D eigenvalue weighted by molar-refractivity contribution is 6.01. The van der Waals surface area contributed by atoms with Crippen LogP contribution in [0.3, 0.4) is 0 Å². The molecule has 2 aromatic carbocycles. The van der Waals surface area contributed by atoms with Crippen LogP contribution in [0, 0.1) is 12.8 Å². The summed E-state index contributed by atoms with van der Waals surface area (Å²) in [4.78, 5) is 40.1. The maximum atomic E-state index is 13.0. The topological polar surface area (TPSA) is 90.5 Å². The van der Waals surface area contributed by atoms with Crippen LogP contribution in [-0.4, -0.2) is 41.9 Å². The number of aryl methyl sites for hydroxylation is 1. The summed E-state index contributed by atoms with van der Waals surface area (Å²) in [6, 6.07) is 13.5. The highest BCUT2D eigenvalue weighted by atomic mass is 16.2. The van der Waals surface area contributed by atoms with E-state index in [1.54, 1.807) is 36.4 Å². The first kappa shape index (κ1) is 24.3. The maximum Gasteiger partial charge on any atom is 0.321 e. The van der Waals surface area contributed by atoms with Gasteiger partial charge in [0.1, 0.15) is 6.04 Å². The van der Waals surface area contributed by atoms with E-state index in [0.29, 0.717) is 16.9 Å². The summed E-state index contributed by atoms with van der Waals surface area (Å²) >= 11 is 0. The Morgan fingerprint density at radius 3 is 2.12 bits per heavy atom. The van der Waals surface area contributed by atoms with Gasteiger partial charge in [-0.3, -0.25) is 9.59 Å². The van der Waals surface area contributed by atoms with Gasteiger partial charge in [-0.1, -0.05) is 50.5 Å². The zero-order valence-electron chi connectivity index (χ0n) is 19.7. The second-order valence-electron chi connectivity index (χ2n) is 8.97. The zero-order valence-corrected chi connectivity index (χ0v) is 19.7. The van der Waals surface area contributed by atoms with Crippen LogP contribution in [0.4, 0.5) is 16.2 Å². The minimum absolute atomic E-state index is 0.107.